The van der Waals surface area contributed by atoms with Crippen molar-refractivity contribution in [2.45, 2.75) is 116 Å². The lowest BCUT2D eigenvalue weighted by Gasteiger charge is -2.36. The van der Waals surface area contributed by atoms with Gasteiger partial charge >= 0.3 is 12.0 Å². The number of amides is 4. The van der Waals surface area contributed by atoms with Crippen LogP contribution in [-0.4, -0.2) is 71.9 Å². The summed E-state index contributed by atoms with van der Waals surface area (Å²) >= 11 is 0. The Labute approximate surface area is 237 Å². The Hall–Kier alpha value is -2.69. The largest absolute Gasteiger partial charge is 0.444 e. The molecule has 226 valence electrons. The van der Waals surface area contributed by atoms with Gasteiger partial charge in [-0.25, -0.2) is 10.3 Å². The molecule has 3 N–H and O–H groups in total. The number of hydrogen-bond acceptors (Lipinski definition) is 7. The molecule has 3 aliphatic rings. The van der Waals surface area contributed by atoms with Crippen LogP contribution in [0.5, 0.6) is 0 Å². The van der Waals surface area contributed by atoms with Gasteiger partial charge in [-0.15, -0.1) is 0 Å². The van der Waals surface area contributed by atoms with Crippen LogP contribution in [0.25, 0.3) is 0 Å². The van der Waals surface area contributed by atoms with Crippen LogP contribution in [0.15, 0.2) is 0 Å². The van der Waals surface area contributed by atoms with Gasteiger partial charge in [-0.2, -0.15) is 0 Å². The molecule has 3 rings (SSSR count). The van der Waals surface area contributed by atoms with Crippen molar-refractivity contribution in [3.05, 3.63) is 0 Å². The Kier molecular flexibility index (Phi) is 11.0. The highest BCUT2D eigenvalue weighted by atomic mass is 16.6. The van der Waals surface area contributed by atoms with Crippen molar-refractivity contribution in [2.75, 3.05) is 13.7 Å². The number of alkyl carbamates (subject to hydrolysis) is 1. The maximum atomic E-state index is 14.2. The van der Waals surface area contributed by atoms with E-state index >= 15 is 0 Å². The van der Waals surface area contributed by atoms with E-state index < -0.39 is 47.4 Å². The molecule has 4 atom stereocenters. The van der Waals surface area contributed by atoms with Crippen LogP contribution in [0.1, 0.15) is 92.4 Å². The summed E-state index contributed by atoms with van der Waals surface area (Å²) in [6, 6.07) is -2.64. The summed E-state index contributed by atoms with van der Waals surface area (Å²) in [5.41, 5.74) is 1.32. The highest BCUT2D eigenvalue weighted by molar-refractivity contribution is 6.38. The molecule has 11 heteroatoms. The molecule has 11 nitrogen and oxygen atoms in total. The highest BCUT2D eigenvalue weighted by Crippen LogP contribution is 2.36. The normalized spacial score (nSPS) is 23.3. The van der Waals surface area contributed by atoms with E-state index in [0.29, 0.717) is 19.4 Å². The van der Waals surface area contributed by atoms with Crippen molar-refractivity contribution in [1.29, 1.82) is 0 Å². The van der Waals surface area contributed by atoms with E-state index in [-0.39, 0.29) is 29.6 Å². The van der Waals surface area contributed by atoms with Gasteiger partial charge in [0.1, 0.15) is 17.7 Å². The number of hydrogen-bond donors (Lipinski definition) is 3. The third-order valence-electron chi connectivity index (χ3n) is 8.23. The number of nitrogens with one attached hydrogen (secondary N) is 3. The molecule has 1 heterocycles. The monoisotopic (exact) mass is 564 g/mol. The molecule has 2 saturated carbocycles. The van der Waals surface area contributed by atoms with E-state index in [9.17, 15) is 24.0 Å². The molecule has 2 aliphatic carbocycles. The number of likely N-dealkylation sites (tertiary alicyclic amines) is 1. The second kappa shape index (κ2) is 13.8. The van der Waals surface area contributed by atoms with Gasteiger partial charge in [-0.1, -0.05) is 46.0 Å². The minimum absolute atomic E-state index is 0.0579. The maximum absolute atomic E-state index is 14.2. The van der Waals surface area contributed by atoms with Crippen LogP contribution >= 0.6 is 0 Å². The Balaban J connectivity index is 1.84. The lowest BCUT2D eigenvalue weighted by atomic mass is 9.83. The quantitative estimate of drug-likeness (QED) is 0.259. The lowest BCUT2D eigenvalue weighted by molar-refractivity contribution is -0.147. The average molecular weight is 565 g/mol. The molecule has 2 unspecified atom stereocenters. The maximum Gasteiger partial charge on any atom is 0.408 e. The standard InChI is InChI=1S/C29H48N4O7/c1-17(2)20-14-15-33(23(20)25(35)30-21(16-18-12-13-18)24(34)26(36)32-39-6)27(37)22(19-10-8-7-9-11-19)31-28(38)40-29(3,4)5/h17-23H,7-16H2,1-6H3,(H,30,35)(H,31,38)(H,32,36)/t20?,21?,22-,23-/m0/s1. The molecule has 0 spiro atoms. The summed E-state index contributed by atoms with van der Waals surface area (Å²) < 4.78 is 5.48. The van der Waals surface area contributed by atoms with E-state index in [1.165, 1.54) is 7.11 Å². The molecule has 1 saturated heterocycles. The number of carbonyl (C=O) groups is 5. The van der Waals surface area contributed by atoms with Crippen molar-refractivity contribution in [2.24, 2.45) is 23.7 Å². The summed E-state index contributed by atoms with van der Waals surface area (Å²) in [5.74, 6) is -2.29. The summed E-state index contributed by atoms with van der Waals surface area (Å²) in [7, 11) is 1.24. The molecule has 4 amide bonds. The van der Waals surface area contributed by atoms with E-state index in [4.69, 9.17) is 4.74 Å². The second-order valence-corrected chi connectivity index (χ2v) is 12.9. The predicted octanol–water partition coefficient (Wildman–Crippen LogP) is 2.86. The van der Waals surface area contributed by atoms with Gasteiger partial charge in [0.15, 0.2) is 0 Å². The summed E-state index contributed by atoms with van der Waals surface area (Å²) in [5, 5.41) is 5.66. The average Bonchev–Trinajstić information content (AvgIpc) is 3.58. The first kappa shape index (κ1) is 31.8. The zero-order chi connectivity index (χ0) is 29.6. The van der Waals surface area contributed by atoms with Gasteiger partial charge in [-0.05, 0) is 70.1 Å². The van der Waals surface area contributed by atoms with E-state index in [2.05, 4.69) is 15.5 Å². The van der Waals surface area contributed by atoms with E-state index in [1.54, 1.807) is 25.7 Å². The summed E-state index contributed by atoms with van der Waals surface area (Å²) in [4.78, 5) is 72.1. The first-order valence-electron chi connectivity index (χ1n) is 14.8. The fourth-order valence-electron chi connectivity index (χ4n) is 6.04. The first-order valence-corrected chi connectivity index (χ1v) is 14.8. The first-order chi connectivity index (χ1) is 18.8. The molecule has 0 aromatic carbocycles. The van der Waals surface area contributed by atoms with Crippen molar-refractivity contribution in [1.82, 2.24) is 21.0 Å². The SMILES string of the molecule is CONC(=O)C(=O)C(CC1CC1)NC(=O)[C@@H]1C(C(C)C)CCN1C(=O)[C@@H](NC(=O)OC(C)(C)C)C1CCCCC1. The second-order valence-electron chi connectivity index (χ2n) is 12.9. The Bertz CT molecular complexity index is 937. The minimum Gasteiger partial charge on any atom is -0.444 e. The number of rotatable bonds is 11. The van der Waals surface area contributed by atoms with Crippen molar-refractivity contribution in [3.63, 3.8) is 0 Å². The molecule has 0 aromatic heterocycles. The van der Waals surface area contributed by atoms with Crippen LogP contribution < -0.4 is 16.1 Å². The third kappa shape index (κ3) is 8.65. The topological polar surface area (TPSA) is 143 Å². The van der Waals surface area contributed by atoms with E-state index in [0.717, 1.165) is 44.9 Å². The van der Waals surface area contributed by atoms with Crippen LogP contribution in [0.3, 0.4) is 0 Å². The molecule has 0 aromatic rings. The van der Waals surface area contributed by atoms with Crippen LogP contribution in [0.2, 0.25) is 0 Å². The molecule has 3 fully saturated rings. The van der Waals surface area contributed by atoms with Crippen molar-refractivity contribution < 1.29 is 33.5 Å². The van der Waals surface area contributed by atoms with Crippen LogP contribution in [-0.2, 0) is 28.8 Å². The summed E-state index contributed by atoms with van der Waals surface area (Å²) in [6.07, 6.45) is 6.83. The molecule has 0 bridgehead atoms. The fraction of sp³-hybridized carbons (Fsp3) is 0.828. The zero-order valence-corrected chi connectivity index (χ0v) is 24.9. The van der Waals surface area contributed by atoms with Gasteiger partial charge in [0.05, 0.1) is 13.2 Å². The Morgan fingerprint density at radius 1 is 0.925 bits per heavy atom. The number of hydroxylamine groups is 1. The number of carbonyl (C=O) groups excluding carboxylic acids is 5. The van der Waals surface area contributed by atoms with Crippen LogP contribution in [0.4, 0.5) is 4.79 Å². The van der Waals surface area contributed by atoms with E-state index in [1.807, 2.05) is 19.3 Å². The summed E-state index contributed by atoms with van der Waals surface area (Å²) in [6.45, 7) is 9.69. The van der Waals surface area contributed by atoms with Gasteiger partial charge in [-0.3, -0.25) is 24.0 Å². The minimum atomic E-state index is -1.01. The van der Waals surface area contributed by atoms with Crippen molar-refractivity contribution in [3.8, 4) is 0 Å². The fourth-order valence-corrected chi connectivity index (χ4v) is 6.04. The molecule has 1 aliphatic heterocycles. The molecule has 0 radical (unpaired) electrons. The van der Waals surface area contributed by atoms with Gasteiger partial charge in [0, 0.05) is 6.54 Å². The van der Waals surface area contributed by atoms with Crippen molar-refractivity contribution >= 4 is 29.6 Å². The Morgan fingerprint density at radius 2 is 1.57 bits per heavy atom. The molecular formula is C29H48N4O7. The van der Waals surface area contributed by atoms with Gasteiger partial charge < -0.3 is 20.3 Å². The lowest BCUT2D eigenvalue weighted by Crippen LogP contribution is -2.59. The van der Waals surface area contributed by atoms with Gasteiger partial charge in [0.2, 0.25) is 17.6 Å². The Morgan fingerprint density at radius 3 is 2.12 bits per heavy atom. The molecule has 40 heavy (non-hydrogen) atoms. The number of ketones is 1. The third-order valence-corrected chi connectivity index (χ3v) is 8.23. The predicted molar refractivity (Wildman–Crippen MR) is 148 cm³/mol. The smallest absolute Gasteiger partial charge is 0.408 e. The van der Waals surface area contributed by atoms with Crippen LogP contribution in [0, 0.1) is 23.7 Å². The zero-order valence-electron chi connectivity index (χ0n) is 24.9. The van der Waals surface area contributed by atoms with Gasteiger partial charge in [0.25, 0.3) is 0 Å². The number of ether oxygens (including phenoxy) is 1. The highest BCUT2D eigenvalue weighted by Gasteiger charge is 2.47. The number of Topliss-reactive ketones (excluding diaryl/α,β-unsaturated/α-hetero) is 1. The molecular weight excluding hydrogens is 516 g/mol. The number of nitrogens with zero attached hydrogens (tertiary/aromatic N) is 1.